The Bertz CT molecular complexity index is 418. The predicted octanol–water partition coefficient (Wildman–Crippen LogP) is 3.53. The van der Waals surface area contributed by atoms with Crippen molar-refractivity contribution < 1.29 is 18.0 Å². The summed E-state index contributed by atoms with van der Waals surface area (Å²) in [5.74, 6) is -0.126. The lowest BCUT2D eigenvalue weighted by molar-refractivity contribution is -0.137. The zero-order chi connectivity index (χ0) is 13.1. The Morgan fingerprint density at radius 2 is 1.71 bits per heavy atom. The molecule has 92 valence electrons. The molecule has 0 saturated heterocycles. The van der Waals surface area contributed by atoms with Gasteiger partial charge in [0.25, 0.3) is 0 Å². The van der Waals surface area contributed by atoms with Crippen LogP contribution in [0.15, 0.2) is 29.3 Å². The number of hydrogen-bond donors (Lipinski definition) is 0. The summed E-state index contributed by atoms with van der Waals surface area (Å²) in [5.41, 5.74) is 0.0319. The summed E-state index contributed by atoms with van der Waals surface area (Å²) in [6.07, 6.45) is -2.88. The highest BCUT2D eigenvalue weighted by Gasteiger charge is 2.30. The van der Waals surface area contributed by atoms with Crippen LogP contribution >= 0.6 is 0 Å². The van der Waals surface area contributed by atoms with Gasteiger partial charge in [0.1, 0.15) is 0 Å². The molecule has 0 aliphatic carbocycles. The van der Waals surface area contributed by atoms with Gasteiger partial charge in [-0.05, 0) is 24.6 Å². The van der Waals surface area contributed by atoms with E-state index in [1.54, 1.807) is 13.8 Å². The molecule has 0 fully saturated rings. The molecule has 5 heteroatoms. The molecule has 0 saturated carbocycles. The highest BCUT2D eigenvalue weighted by Crippen LogP contribution is 2.30. The van der Waals surface area contributed by atoms with E-state index in [4.69, 9.17) is 0 Å². The van der Waals surface area contributed by atoms with Crippen molar-refractivity contribution in [2.24, 2.45) is 4.99 Å². The molecule has 1 rings (SSSR count). The van der Waals surface area contributed by atoms with Gasteiger partial charge in [0.15, 0.2) is 0 Å². The van der Waals surface area contributed by atoms with Crippen LogP contribution in [0, 0.1) is 0 Å². The van der Waals surface area contributed by atoms with Gasteiger partial charge in [-0.2, -0.15) is 13.2 Å². The van der Waals surface area contributed by atoms with Gasteiger partial charge in [-0.3, -0.25) is 0 Å². The van der Waals surface area contributed by atoms with Crippen LogP contribution < -0.4 is 0 Å². The molecular formula is C12H12F3NO. The Hall–Kier alpha value is -1.61. The predicted molar refractivity (Wildman–Crippen MR) is 57.4 cm³/mol. The van der Waals surface area contributed by atoms with Gasteiger partial charge in [0, 0.05) is 5.92 Å². The van der Waals surface area contributed by atoms with E-state index >= 15 is 0 Å². The van der Waals surface area contributed by atoms with E-state index in [1.165, 1.54) is 18.2 Å². The second-order valence-electron chi connectivity index (χ2n) is 3.87. The minimum atomic E-state index is -4.33. The first kappa shape index (κ1) is 13.5. The summed E-state index contributed by atoms with van der Waals surface area (Å²) in [4.78, 5) is 13.6. The lowest BCUT2D eigenvalue weighted by Crippen LogP contribution is -2.10. The van der Waals surface area contributed by atoms with E-state index in [2.05, 4.69) is 4.99 Å². The third-order valence-electron chi connectivity index (χ3n) is 2.74. The monoisotopic (exact) mass is 243 g/mol. The topological polar surface area (TPSA) is 29.4 Å². The molecule has 0 spiro atoms. The number of halogens is 3. The smallest absolute Gasteiger partial charge is 0.211 e. The Kier molecular flexibility index (Phi) is 4.07. The first-order valence-electron chi connectivity index (χ1n) is 5.10. The average Bonchev–Trinajstić information content (AvgIpc) is 2.27. The van der Waals surface area contributed by atoms with Crippen molar-refractivity contribution in [1.29, 1.82) is 0 Å². The Labute approximate surface area is 97.2 Å². The van der Waals surface area contributed by atoms with Crippen LogP contribution in [0.2, 0.25) is 0 Å². The quantitative estimate of drug-likeness (QED) is 0.589. The maximum absolute atomic E-state index is 12.3. The van der Waals surface area contributed by atoms with Gasteiger partial charge in [-0.1, -0.05) is 19.1 Å². The molecule has 1 aromatic carbocycles. The molecule has 1 aromatic rings. The first-order chi connectivity index (χ1) is 7.86. The third kappa shape index (κ3) is 3.43. The summed E-state index contributed by atoms with van der Waals surface area (Å²) in [6, 6.07) is 4.57. The molecule has 0 radical (unpaired) electrons. The Morgan fingerprint density at radius 1 is 1.18 bits per heavy atom. The zero-order valence-corrected chi connectivity index (χ0v) is 9.45. The van der Waals surface area contributed by atoms with Gasteiger partial charge in [0.2, 0.25) is 6.08 Å². The third-order valence-corrected chi connectivity index (χ3v) is 2.74. The van der Waals surface area contributed by atoms with Crippen molar-refractivity contribution in [3.63, 3.8) is 0 Å². The van der Waals surface area contributed by atoms with E-state index in [-0.39, 0.29) is 12.0 Å². The summed E-state index contributed by atoms with van der Waals surface area (Å²) in [7, 11) is 0. The number of benzene rings is 1. The molecule has 0 N–H and O–H groups in total. The summed E-state index contributed by atoms with van der Waals surface area (Å²) in [6.45, 7) is 3.52. The fourth-order valence-electron chi connectivity index (χ4n) is 1.45. The first-order valence-corrected chi connectivity index (χ1v) is 5.10. The molecule has 2 unspecified atom stereocenters. The molecule has 0 aromatic heterocycles. The zero-order valence-electron chi connectivity index (χ0n) is 9.45. The lowest BCUT2D eigenvalue weighted by atomic mass is 9.94. The minimum Gasteiger partial charge on any atom is -0.211 e. The second-order valence-corrected chi connectivity index (χ2v) is 3.87. The number of hydrogen-bond acceptors (Lipinski definition) is 2. The molecule has 0 aliphatic rings. The highest BCUT2D eigenvalue weighted by atomic mass is 19.4. The molecule has 2 atom stereocenters. The van der Waals surface area contributed by atoms with Crippen molar-refractivity contribution in [3.8, 4) is 0 Å². The normalized spacial score (nSPS) is 14.9. The number of aliphatic imine (C=N–C) groups is 1. The van der Waals surface area contributed by atoms with Gasteiger partial charge in [-0.25, -0.2) is 9.79 Å². The molecule has 0 aliphatic heterocycles. The van der Waals surface area contributed by atoms with Crippen LogP contribution in [0.5, 0.6) is 0 Å². The molecule has 0 bridgehead atoms. The van der Waals surface area contributed by atoms with Crippen molar-refractivity contribution in [2.45, 2.75) is 32.0 Å². The average molecular weight is 243 g/mol. The summed E-state index contributed by atoms with van der Waals surface area (Å²) < 4.78 is 37.0. The molecule has 0 heterocycles. The maximum Gasteiger partial charge on any atom is 0.416 e. The van der Waals surface area contributed by atoms with Crippen LogP contribution in [0.3, 0.4) is 0 Å². The summed E-state index contributed by atoms with van der Waals surface area (Å²) >= 11 is 0. The molecular weight excluding hydrogens is 231 g/mol. The number of carbonyl (C=O) groups excluding carboxylic acids is 1. The van der Waals surface area contributed by atoms with Crippen molar-refractivity contribution in [3.05, 3.63) is 35.4 Å². The fraction of sp³-hybridized carbons (Fsp3) is 0.417. The van der Waals surface area contributed by atoms with Crippen LogP contribution in [0.25, 0.3) is 0 Å². The van der Waals surface area contributed by atoms with E-state index in [9.17, 15) is 18.0 Å². The van der Waals surface area contributed by atoms with Crippen molar-refractivity contribution in [1.82, 2.24) is 0 Å². The van der Waals surface area contributed by atoms with E-state index in [1.807, 2.05) is 0 Å². The van der Waals surface area contributed by atoms with Crippen LogP contribution in [0.4, 0.5) is 13.2 Å². The van der Waals surface area contributed by atoms with Gasteiger partial charge < -0.3 is 0 Å². The number of isocyanates is 1. The standard InChI is InChI=1S/C12H12F3NO/c1-8(9(2)16-7-17)10-3-5-11(6-4-10)12(13,14)15/h3-6,8-9H,1-2H3. The van der Waals surface area contributed by atoms with E-state index in [0.29, 0.717) is 5.56 Å². The van der Waals surface area contributed by atoms with Gasteiger partial charge in [0.05, 0.1) is 11.6 Å². The second kappa shape index (κ2) is 5.15. The fourth-order valence-corrected chi connectivity index (χ4v) is 1.45. The highest BCUT2D eigenvalue weighted by molar-refractivity contribution is 5.35. The largest absolute Gasteiger partial charge is 0.416 e. The van der Waals surface area contributed by atoms with Crippen molar-refractivity contribution >= 4 is 6.08 Å². The molecule has 17 heavy (non-hydrogen) atoms. The maximum atomic E-state index is 12.3. The Balaban J connectivity index is 2.91. The van der Waals surface area contributed by atoms with Crippen LogP contribution in [0.1, 0.15) is 30.9 Å². The number of alkyl halides is 3. The van der Waals surface area contributed by atoms with Crippen molar-refractivity contribution in [2.75, 3.05) is 0 Å². The minimum absolute atomic E-state index is 0.126. The molecule has 0 amide bonds. The number of rotatable bonds is 3. The summed E-state index contributed by atoms with van der Waals surface area (Å²) in [5, 5.41) is 0. The SMILES string of the molecule is CC(N=C=O)C(C)c1ccc(C(F)(F)F)cc1. The van der Waals surface area contributed by atoms with Gasteiger partial charge in [-0.15, -0.1) is 0 Å². The van der Waals surface area contributed by atoms with E-state index < -0.39 is 11.7 Å². The number of nitrogens with zero attached hydrogens (tertiary/aromatic N) is 1. The van der Waals surface area contributed by atoms with E-state index in [0.717, 1.165) is 12.1 Å². The van der Waals surface area contributed by atoms with Crippen LogP contribution in [-0.2, 0) is 11.0 Å². The molecule has 2 nitrogen and oxygen atoms in total. The van der Waals surface area contributed by atoms with Crippen LogP contribution in [-0.4, -0.2) is 12.1 Å². The Morgan fingerprint density at radius 3 is 2.12 bits per heavy atom. The lowest BCUT2D eigenvalue weighted by Gasteiger charge is -2.16. The van der Waals surface area contributed by atoms with Gasteiger partial charge >= 0.3 is 6.18 Å².